The first-order chi connectivity index (χ1) is 13.6. The van der Waals surface area contributed by atoms with E-state index in [0.717, 1.165) is 4.47 Å². The van der Waals surface area contributed by atoms with Gasteiger partial charge in [-0.1, -0.05) is 107 Å². The molecule has 1 aliphatic carbocycles. The van der Waals surface area contributed by atoms with Gasteiger partial charge in [0.2, 0.25) is 0 Å². The van der Waals surface area contributed by atoms with Crippen LogP contribution in [0.5, 0.6) is 0 Å². The summed E-state index contributed by atoms with van der Waals surface area (Å²) >= 11 is 3.70. The van der Waals surface area contributed by atoms with Gasteiger partial charge < -0.3 is 0 Å². The maximum atomic E-state index is 4.03. The fourth-order valence-electron chi connectivity index (χ4n) is 4.57. The SMILES string of the molecule is C=CC=C1C(=CC)c2ccccc2C1(c1cccc(C)c1)c1cccc(Br)c1. The lowest BCUT2D eigenvalue weighted by atomic mass is 9.67. The van der Waals surface area contributed by atoms with Crippen LogP contribution in [0, 0.1) is 6.92 Å². The van der Waals surface area contributed by atoms with Gasteiger partial charge in [0, 0.05) is 4.47 Å². The standard InChI is InChI=1S/C27H23Br/c1-4-10-25-23(5-2)24-15-6-7-16-26(24)27(25,20-12-8-11-19(3)17-20)21-13-9-14-22(28)18-21/h4-18H,1H2,2-3H3. The van der Waals surface area contributed by atoms with Crippen molar-refractivity contribution in [3.05, 3.63) is 135 Å². The third-order valence-electron chi connectivity index (χ3n) is 5.60. The summed E-state index contributed by atoms with van der Waals surface area (Å²) in [5, 5.41) is 0. The van der Waals surface area contributed by atoms with Crippen molar-refractivity contribution in [3.8, 4) is 0 Å². The summed E-state index contributed by atoms with van der Waals surface area (Å²) in [5.41, 5.74) is 8.58. The summed E-state index contributed by atoms with van der Waals surface area (Å²) in [5.74, 6) is 0. The molecule has 3 aromatic rings. The van der Waals surface area contributed by atoms with Crippen molar-refractivity contribution in [3.63, 3.8) is 0 Å². The molecular weight excluding hydrogens is 404 g/mol. The van der Waals surface area contributed by atoms with Gasteiger partial charge in [-0.05, 0) is 59.4 Å². The van der Waals surface area contributed by atoms with Crippen LogP contribution in [0.15, 0.2) is 108 Å². The Morgan fingerprint density at radius 2 is 1.61 bits per heavy atom. The minimum absolute atomic E-state index is 0.373. The molecule has 0 saturated carbocycles. The van der Waals surface area contributed by atoms with Gasteiger partial charge >= 0.3 is 0 Å². The van der Waals surface area contributed by atoms with Crippen LogP contribution in [0.1, 0.15) is 34.7 Å². The fourth-order valence-corrected chi connectivity index (χ4v) is 4.97. The van der Waals surface area contributed by atoms with Crippen LogP contribution < -0.4 is 0 Å². The number of allylic oxidation sites excluding steroid dienone is 5. The molecule has 0 bridgehead atoms. The highest BCUT2D eigenvalue weighted by atomic mass is 79.9. The zero-order valence-corrected chi connectivity index (χ0v) is 17.8. The van der Waals surface area contributed by atoms with Gasteiger partial charge in [-0.15, -0.1) is 0 Å². The molecule has 138 valence electrons. The molecule has 1 aliphatic rings. The average molecular weight is 427 g/mol. The molecule has 4 rings (SSSR count). The van der Waals surface area contributed by atoms with Gasteiger partial charge in [-0.3, -0.25) is 0 Å². The Morgan fingerprint density at radius 1 is 0.893 bits per heavy atom. The largest absolute Gasteiger partial charge is 0.0991 e. The van der Waals surface area contributed by atoms with E-state index in [1.54, 1.807) is 0 Å². The molecule has 0 amide bonds. The summed E-state index contributed by atoms with van der Waals surface area (Å²) in [6, 6.07) is 26.3. The molecular formula is C27H23Br. The summed E-state index contributed by atoms with van der Waals surface area (Å²) < 4.78 is 1.08. The highest BCUT2D eigenvalue weighted by Gasteiger charge is 2.47. The van der Waals surface area contributed by atoms with E-state index in [-0.39, 0.29) is 5.41 Å². The van der Waals surface area contributed by atoms with Crippen LogP contribution in [0.25, 0.3) is 5.57 Å². The first kappa shape index (κ1) is 18.7. The van der Waals surface area contributed by atoms with Gasteiger partial charge in [0.05, 0.1) is 5.41 Å². The lowest BCUT2D eigenvalue weighted by Gasteiger charge is -2.34. The normalized spacial score (nSPS) is 21.1. The Bertz CT molecular complexity index is 1070. The van der Waals surface area contributed by atoms with Crippen molar-refractivity contribution in [2.45, 2.75) is 19.3 Å². The third kappa shape index (κ3) is 2.73. The quantitative estimate of drug-likeness (QED) is 0.403. The van der Waals surface area contributed by atoms with E-state index < -0.39 is 0 Å². The first-order valence-corrected chi connectivity index (χ1v) is 10.3. The zero-order chi connectivity index (χ0) is 19.7. The Labute approximate surface area is 176 Å². The Balaban J connectivity index is 2.22. The van der Waals surface area contributed by atoms with Crippen LogP contribution in [0.2, 0.25) is 0 Å². The summed E-state index contributed by atoms with van der Waals surface area (Å²) in [4.78, 5) is 0. The summed E-state index contributed by atoms with van der Waals surface area (Å²) in [7, 11) is 0. The number of fused-ring (bicyclic) bond motifs is 1. The summed E-state index contributed by atoms with van der Waals surface area (Å²) in [6.07, 6.45) is 6.31. The molecule has 1 heteroatoms. The first-order valence-electron chi connectivity index (χ1n) is 9.56. The molecule has 0 nitrogen and oxygen atoms in total. The molecule has 0 heterocycles. The lowest BCUT2D eigenvalue weighted by Crippen LogP contribution is -2.28. The van der Waals surface area contributed by atoms with Crippen molar-refractivity contribution in [2.75, 3.05) is 0 Å². The van der Waals surface area contributed by atoms with Crippen molar-refractivity contribution in [1.29, 1.82) is 0 Å². The highest BCUT2D eigenvalue weighted by molar-refractivity contribution is 9.10. The number of benzene rings is 3. The number of hydrogen-bond acceptors (Lipinski definition) is 0. The van der Waals surface area contributed by atoms with E-state index >= 15 is 0 Å². The second-order valence-corrected chi connectivity index (χ2v) is 8.11. The smallest absolute Gasteiger partial charge is 0.0713 e. The molecule has 0 N–H and O–H groups in total. The monoisotopic (exact) mass is 426 g/mol. The van der Waals surface area contributed by atoms with Crippen LogP contribution >= 0.6 is 15.9 Å². The minimum Gasteiger partial charge on any atom is -0.0991 e. The summed E-state index contributed by atoms with van der Waals surface area (Å²) in [6.45, 7) is 8.31. The van der Waals surface area contributed by atoms with Gasteiger partial charge in [-0.25, -0.2) is 0 Å². The van der Waals surface area contributed by atoms with E-state index in [2.05, 4.69) is 121 Å². The van der Waals surface area contributed by atoms with E-state index in [1.165, 1.54) is 39.0 Å². The number of hydrogen-bond donors (Lipinski definition) is 0. The van der Waals surface area contributed by atoms with Gasteiger partial charge in [0.25, 0.3) is 0 Å². The Hall–Kier alpha value is -2.64. The lowest BCUT2D eigenvalue weighted by molar-refractivity contribution is 0.767. The van der Waals surface area contributed by atoms with E-state index in [1.807, 2.05) is 6.08 Å². The molecule has 0 saturated heterocycles. The van der Waals surface area contributed by atoms with E-state index in [0.29, 0.717) is 0 Å². The predicted molar refractivity (Wildman–Crippen MR) is 124 cm³/mol. The molecule has 0 spiro atoms. The molecule has 1 atom stereocenters. The van der Waals surface area contributed by atoms with Crippen LogP contribution in [0.3, 0.4) is 0 Å². The van der Waals surface area contributed by atoms with Gasteiger partial charge in [0.15, 0.2) is 0 Å². The maximum Gasteiger partial charge on any atom is 0.0713 e. The molecule has 0 aromatic heterocycles. The van der Waals surface area contributed by atoms with Crippen molar-refractivity contribution < 1.29 is 0 Å². The Morgan fingerprint density at radius 3 is 2.29 bits per heavy atom. The minimum atomic E-state index is -0.373. The second kappa shape index (κ2) is 7.41. The second-order valence-electron chi connectivity index (χ2n) is 7.19. The van der Waals surface area contributed by atoms with Crippen LogP contribution in [-0.2, 0) is 5.41 Å². The number of rotatable bonds is 3. The third-order valence-corrected chi connectivity index (χ3v) is 6.09. The molecule has 0 radical (unpaired) electrons. The predicted octanol–water partition coefficient (Wildman–Crippen LogP) is 7.62. The zero-order valence-electron chi connectivity index (χ0n) is 16.2. The van der Waals surface area contributed by atoms with Gasteiger partial charge in [0.1, 0.15) is 0 Å². The maximum absolute atomic E-state index is 4.03. The van der Waals surface area contributed by atoms with E-state index in [4.69, 9.17) is 0 Å². The number of aryl methyl sites for hydroxylation is 1. The average Bonchev–Trinajstić information content (AvgIpc) is 2.98. The topological polar surface area (TPSA) is 0 Å². The Kier molecular flexibility index (Phi) is 4.95. The fraction of sp³-hybridized carbons (Fsp3) is 0.111. The van der Waals surface area contributed by atoms with Crippen molar-refractivity contribution in [1.82, 2.24) is 0 Å². The molecule has 1 unspecified atom stereocenters. The van der Waals surface area contributed by atoms with Gasteiger partial charge in [-0.2, -0.15) is 0 Å². The van der Waals surface area contributed by atoms with E-state index in [9.17, 15) is 0 Å². The van der Waals surface area contributed by atoms with Crippen LogP contribution in [-0.4, -0.2) is 0 Å². The molecule has 0 aliphatic heterocycles. The molecule has 28 heavy (non-hydrogen) atoms. The molecule has 0 fully saturated rings. The van der Waals surface area contributed by atoms with Crippen molar-refractivity contribution in [2.24, 2.45) is 0 Å². The number of halogens is 1. The van der Waals surface area contributed by atoms with Crippen molar-refractivity contribution >= 4 is 21.5 Å². The van der Waals surface area contributed by atoms with Crippen LogP contribution in [0.4, 0.5) is 0 Å². The molecule has 3 aromatic carbocycles. The highest BCUT2D eigenvalue weighted by Crippen LogP contribution is 2.57.